The van der Waals surface area contributed by atoms with E-state index in [-0.39, 0.29) is 16.1 Å². The van der Waals surface area contributed by atoms with E-state index in [4.69, 9.17) is 34.8 Å². The molecule has 0 heterocycles. The van der Waals surface area contributed by atoms with E-state index >= 15 is 0 Å². The first-order valence-corrected chi connectivity index (χ1v) is 4.75. The lowest BCUT2D eigenvalue weighted by Crippen LogP contribution is -2.09. The smallest absolute Gasteiger partial charge is 0.0363 e. The molecule has 0 unspecified atom stereocenters. The van der Waals surface area contributed by atoms with Gasteiger partial charge in [0.05, 0.1) is 0 Å². The molecule has 0 fully saturated rings. The summed E-state index contributed by atoms with van der Waals surface area (Å²) in [6.07, 6.45) is 1.67. The second-order valence-electron chi connectivity index (χ2n) is 2.63. The van der Waals surface area contributed by atoms with Crippen molar-refractivity contribution in [2.75, 3.05) is 0 Å². The Morgan fingerprint density at radius 2 is 1.20 bits per heavy atom. The Kier molecular flexibility index (Phi) is 5.99. The molecule has 0 amide bonds. The molecule has 0 aromatic carbocycles. The zero-order chi connectivity index (χ0) is 8.15. The van der Waals surface area contributed by atoms with Crippen molar-refractivity contribution in [1.82, 2.24) is 0 Å². The van der Waals surface area contributed by atoms with Crippen molar-refractivity contribution in [2.24, 2.45) is 0 Å². The highest BCUT2D eigenvalue weighted by molar-refractivity contribution is 6.24. The molecule has 0 radical (unpaired) electrons. The SMILES string of the molecule is C[C@@H](Cl)CC(Cl)C[C@@H](C)Cl. The molecule has 0 saturated heterocycles. The van der Waals surface area contributed by atoms with Crippen molar-refractivity contribution in [3.05, 3.63) is 0 Å². The molecule has 3 heteroatoms. The van der Waals surface area contributed by atoms with Gasteiger partial charge in [-0.2, -0.15) is 0 Å². The van der Waals surface area contributed by atoms with Crippen LogP contribution in [0.15, 0.2) is 0 Å². The van der Waals surface area contributed by atoms with Gasteiger partial charge in [0.1, 0.15) is 0 Å². The lowest BCUT2D eigenvalue weighted by molar-refractivity contribution is 0.674. The summed E-state index contributed by atoms with van der Waals surface area (Å²) in [5.41, 5.74) is 0. The summed E-state index contributed by atoms with van der Waals surface area (Å²) < 4.78 is 0. The second-order valence-corrected chi connectivity index (χ2v) is 4.74. The van der Waals surface area contributed by atoms with E-state index in [1.807, 2.05) is 13.8 Å². The summed E-state index contributed by atoms with van der Waals surface area (Å²) in [6, 6.07) is 0. The van der Waals surface area contributed by atoms with Crippen molar-refractivity contribution >= 4 is 34.8 Å². The number of rotatable bonds is 4. The predicted molar refractivity (Wildman–Crippen MR) is 49.5 cm³/mol. The lowest BCUT2D eigenvalue weighted by Gasteiger charge is -2.11. The summed E-state index contributed by atoms with van der Waals surface area (Å²) in [4.78, 5) is 0. The minimum Gasteiger partial charge on any atom is -0.123 e. The van der Waals surface area contributed by atoms with Crippen LogP contribution in [0, 0.1) is 0 Å². The molecule has 0 spiro atoms. The third-order valence-corrected chi connectivity index (χ3v) is 1.87. The quantitative estimate of drug-likeness (QED) is 0.612. The molecule has 0 saturated carbocycles. The first-order valence-electron chi connectivity index (χ1n) is 3.44. The lowest BCUT2D eigenvalue weighted by atomic mass is 10.1. The van der Waals surface area contributed by atoms with Gasteiger partial charge in [-0.15, -0.1) is 34.8 Å². The normalized spacial score (nSPS) is 17.4. The van der Waals surface area contributed by atoms with E-state index in [9.17, 15) is 0 Å². The van der Waals surface area contributed by atoms with Crippen LogP contribution >= 0.6 is 34.8 Å². The van der Waals surface area contributed by atoms with Crippen molar-refractivity contribution < 1.29 is 0 Å². The van der Waals surface area contributed by atoms with Gasteiger partial charge in [0.25, 0.3) is 0 Å². The fourth-order valence-electron chi connectivity index (χ4n) is 0.801. The topological polar surface area (TPSA) is 0 Å². The number of alkyl halides is 3. The molecular weight excluding hydrogens is 190 g/mol. The third-order valence-electron chi connectivity index (χ3n) is 1.16. The Balaban J connectivity index is 3.34. The van der Waals surface area contributed by atoms with Crippen molar-refractivity contribution in [3.63, 3.8) is 0 Å². The Hall–Kier alpha value is 0.870. The van der Waals surface area contributed by atoms with Crippen LogP contribution in [0.5, 0.6) is 0 Å². The molecule has 0 aromatic heterocycles. The van der Waals surface area contributed by atoms with Gasteiger partial charge in [-0.1, -0.05) is 0 Å². The third kappa shape index (κ3) is 6.98. The standard InChI is InChI=1S/C7H13Cl3/c1-5(8)3-7(10)4-6(2)9/h5-7H,3-4H2,1-2H3/t5-,6-/m1/s1. The van der Waals surface area contributed by atoms with E-state index in [0.29, 0.717) is 0 Å². The second kappa shape index (κ2) is 5.51. The molecule has 0 bridgehead atoms. The molecule has 62 valence electrons. The number of hydrogen-bond acceptors (Lipinski definition) is 0. The molecule has 0 rings (SSSR count). The van der Waals surface area contributed by atoms with Gasteiger partial charge in [-0.05, 0) is 26.7 Å². The largest absolute Gasteiger partial charge is 0.123 e. The molecule has 0 aromatic rings. The van der Waals surface area contributed by atoms with Crippen LogP contribution in [0.2, 0.25) is 0 Å². The van der Waals surface area contributed by atoms with Crippen LogP contribution in [-0.4, -0.2) is 16.1 Å². The Morgan fingerprint density at radius 1 is 0.900 bits per heavy atom. The van der Waals surface area contributed by atoms with E-state index in [0.717, 1.165) is 12.8 Å². The highest BCUT2D eigenvalue weighted by Crippen LogP contribution is 2.17. The van der Waals surface area contributed by atoms with Crippen molar-refractivity contribution in [1.29, 1.82) is 0 Å². The van der Waals surface area contributed by atoms with E-state index in [1.54, 1.807) is 0 Å². The van der Waals surface area contributed by atoms with Crippen LogP contribution in [0.4, 0.5) is 0 Å². The summed E-state index contributed by atoms with van der Waals surface area (Å²) in [6.45, 7) is 3.88. The highest BCUT2D eigenvalue weighted by atomic mass is 35.5. The monoisotopic (exact) mass is 202 g/mol. The van der Waals surface area contributed by atoms with Gasteiger partial charge >= 0.3 is 0 Å². The van der Waals surface area contributed by atoms with Crippen LogP contribution in [-0.2, 0) is 0 Å². The average molecular weight is 204 g/mol. The fourth-order valence-corrected chi connectivity index (χ4v) is 1.95. The maximum atomic E-state index is 5.90. The number of halogens is 3. The maximum absolute atomic E-state index is 5.90. The predicted octanol–water partition coefficient (Wildman–Crippen LogP) is 3.63. The van der Waals surface area contributed by atoms with E-state index < -0.39 is 0 Å². The Bertz CT molecular complexity index is 70.9. The molecule has 0 aliphatic carbocycles. The van der Waals surface area contributed by atoms with Crippen LogP contribution in [0.25, 0.3) is 0 Å². The Labute approximate surface area is 77.8 Å². The summed E-state index contributed by atoms with van der Waals surface area (Å²) in [5, 5.41) is 0.427. The van der Waals surface area contributed by atoms with E-state index in [1.165, 1.54) is 0 Å². The highest BCUT2D eigenvalue weighted by Gasteiger charge is 2.10. The number of hydrogen-bond donors (Lipinski definition) is 0. The van der Waals surface area contributed by atoms with Crippen LogP contribution in [0.1, 0.15) is 26.7 Å². The minimum absolute atomic E-state index is 0.125. The molecule has 0 nitrogen and oxygen atoms in total. The summed E-state index contributed by atoms with van der Waals surface area (Å²) in [5.74, 6) is 0. The maximum Gasteiger partial charge on any atom is 0.0363 e. The van der Waals surface area contributed by atoms with Gasteiger partial charge in [0, 0.05) is 16.1 Å². The first kappa shape index (κ1) is 10.9. The zero-order valence-electron chi connectivity index (χ0n) is 6.28. The average Bonchev–Trinajstić information content (AvgIpc) is 1.58. The van der Waals surface area contributed by atoms with Gasteiger partial charge in [0.2, 0.25) is 0 Å². The van der Waals surface area contributed by atoms with Crippen molar-refractivity contribution in [2.45, 2.75) is 42.8 Å². The van der Waals surface area contributed by atoms with Gasteiger partial charge < -0.3 is 0 Å². The molecule has 0 aliphatic rings. The van der Waals surface area contributed by atoms with Crippen molar-refractivity contribution in [3.8, 4) is 0 Å². The summed E-state index contributed by atoms with van der Waals surface area (Å²) >= 11 is 17.4. The van der Waals surface area contributed by atoms with Gasteiger partial charge in [0.15, 0.2) is 0 Å². The van der Waals surface area contributed by atoms with Crippen LogP contribution < -0.4 is 0 Å². The zero-order valence-corrected chi connectivity index (χ0v) is 8.55. The van der Waals surface area contributed by atoms with E-state index in [2.05, 4.69) is 0 Å². The minimum atomic E-state index is 0.125. The molecule has 10 heavy (non-hydrogen) atoms. The summed E-state index contributed by atoms with van der Waals surface area (Å²) in [7, 11) is 0. The molecule has 2 atom stereocenters. The first-order chi connectivity index (χ1) is 4.52. The molecule has 0 N–H and O–H groups in total. The van der Waals surface area contributed by atoms with Gasteiger partial charge in [-0.25, -0.2) is 0 Å². The fraction of sp³-hybridized carbons (Fsp3) is 1.00. The Morgan fingerprint density at radius 3 is 1.40 bits per heavy atom. The van der Waals surface area contributed by atoms with Crippen LogP contribution in [0.3, 0.4) is 0 Å². The molecule has 0 aliphatic heterocycles. The van der Waals surface area contributed by atoms with Gasteiger partial charge in [-0.3, -0.25) is 0 Å². The molecular formula is C7H13Cl3.